The van der Waals surface area contributed by atoms with Crippen molar-refractivity contribution in [1.82, 2.24) is 0 Å². The molecule has 0 saturated carbocycles. The molecule has 0 bridgehead atoms. The van der Waals surface area contributed by atoms with Gasteiger partial charge in [-0.1, -0.05) is 12.1 Å². The summed E-state index contributed by atoms with van der Waals surface area (Å²) in [6.45, 7) is 0. The fraction of sp³-hybridized carbons (Fsp3) is 0.0455. The number of ether oxygens (including phenoxy) is 1. The lowest BCUT2D eigenvalue weighted by molar-refractivity contribution is -0.385. The minimum absolute atomic E-state index is 0.0251. The van der Waals surface area contributed by atoms with Gasteiger partial charge < -0.3 is 10.1 Å². The Morgan fingerprint density at radius 3 is 2.35 bits per heavy atom. The van der Waals surface area contributed by atoms with Crippen molar-refractivity contribution in [3.63, 3.8) is 0 Å². The number of nitro groups is 2. The number of rotatable bonds is 6. The molecule has 0 radical (unpaired) electrons. The molecule has 0 aromatic heterocycles. The highest BCUT2D eigenvalue weighted by Gasteiger charge is 2.41. The number of nitro benzene ring substituents is 2. The minimum atomic E-state index is -0.884. The van der Waals surface area contributed by atoms with E-state index < -0.39 is 33.3 Å². The number of imide groups is 1. The van der Waals surface area contributed by atoms with Crippen LogP contribution in [0.25, 0.3) is 0 Å². The zero-order valence-corrected chi connectivity index (χ0v) is 17.4. The number of non-ortho nitro benzene ring substituents is 1. The number of hydrogen-bond donors (Lipinski definition) is 1. The highest BCUT2D eigenvalue weighted by molar-refractivity contribution is 6.35. The first-order valence-electron chi connectivity index (χ1n) is 9.63. The maximum atomic E-state index is 12.9. The maximum absolute atomic E-state index is 12.9. The summed E-state index contributed by atoms with van der Waals surface area (Å²) in [5.74, 6) is -2.15. The van der Waals surface area contributed by atoms with E-state index in [1.165, 1.54) is 55.6 Å². The number of carbonyl (C=O) groups is 3. The van der Waals surface area contributed by atoms with E-state index in [4.69, 9.17) is 4.74 Å². The zero-order valence-electron chi connectivity index (χ0n) is 17.4. The molecule has 1 heterocycles. The Kier molecular flexibility index (Phi) is 5.47. The smallest absolute Gasteiger partial charge is 0.283 e. The molecule has 12 heteroatoms. The van der Waals surface area contributed by atoms with Gasteiger partial charge in [-0.3, -0.25) is 34.6 Å². The van der Waals surface area contributed by atoms with Crippen LogP contribution in [0.5, 0.6) is 5.75 Å². The standard InChI is InChI=1S/C22H14N4O8/c1-34-18-9-8-14(25(30)31)11-16(18)23-20(27)12-4-2-5-13(10-12)24-21(28)15-6-3-7-17(26(32)33)19(15)22(24)29/h2-11H,1H3,(H,23,27). The van der Waals surface area contributed by atoms with E-state index >= 15 is 0 Å². The topological polar surface area (TPSA) is 162 Å². The van der Waals surface area contributed by atoms with Gasteiger partial charge in [-0.05, 0) is 30.3 Å². The van der Waals surface area contributed by atoms with Crippen molar-refractivity contribution in [2.75, 3.05) is 17.3 Å². The Bertz CT molecular complexity index is 1400. The van der Waals surface area contributed by atoms with Gasteiger partial charge in [0.05, 0.1) is 33.9 Å². The molecule has 1 aliphatic heterocycles. The highest BCUT2D eigenvalue weighted by atomic mass is 16.6. The molecule has 3 aromatic carbocycles. The van der Waals surface area contributed by atoms with Crippen molar-refractivity contribution in [2.24, 2.45) is 0 Å². The van der Waals surface area contributed by atoms with E-state index in [2.05, 4.69) is 5.32 Å². The first-order valence-corrected chi connectivity index (χ1v) is 9.63. The molecule has 3 amide bonds. The Hall–Kier alpha value is -5.13. The summed E-state index contributed by atoms with van der Waals surface area (Å²) in [7, 11) is 1.33. The van der Waals surface area contributed by atoms with Crippen LogP contribution in [-0.4, -0.2) is 34.7 Å². The quantitative estimate of drug-likeness (QED) is 0.330. The lowest BCUT2D eigenvalue weighted by Crippen LogP contribution is -2.29. The Labute approximate surface area is 190 Å². The van der Waals surface area contributed by atoms with Gasteiger partial charge in [-0.2, -0.15) is 0 Å². The first kappa shape index (κ1) is 22.1. The van der Waals surface area contributed by atoms with Gasteiger partial charge in [0.15, 0.2) is 0 Å². The van der Waals surface area contributed by atoms with Gasteiger partial charge in [-0.25, -0.2) is 4.90 Å². The van der Waals surface area contributed by atoms with E-state index in [9.17, 15) is 34.6 Å². The van der Waals surface area contributed by atoms with E-state index in [-0.39, 0.29) is 39.5 Å². The van der Waals surface area contributed by atoms with E-state index in [1.807, 2.05) is 0 Å². The summed E-state index contributed by atoms with van der Waals surface area (Å²) in [5.41, 5.74) is -1.11. The molecule has 1 aliphatic rings. The Balaban J connectivity index is 1.67. The number of nitrogens with zero attached hydrogens (tertiary/aromatic N) is 3. The van der Waals surface area contributed by atoms with Crippen LogP contribution in [0.2, 0.25) is 0 Å². The number of carbonyl (C=O) groups excluding carboxylic acids is 3. The van der Waals surface area contributed by atoms with Gasteiger partial charge in [0.2, 0.25) is 0 Å². The molecule has 0 saturated heterocycles. The van der Waals surface area contributed by atoms with Crippen LogP contribution >= 0.6 is 0 Å². The molecule has 1 N–H and O–H groups in total. The van der Waals surface area contributed by atoms with E-state index in [0.717, 1.165) is 17.0 Å². The lowest BCUT2D eigenvalue weighted by atomic mass is 10.1. The summed E-state index contributed by atoms with van der Waals surface area (Å²) in [6.07, 6.45) is 0. The van der Waals surface area contributed by atoms with Gasteiger partial charge >= 0.3 is 0 Å². The molecule has 0 unspecified atom stereocenters. The molecular formula is C22H14N4O8. The number of benzene rings is 3. The maximum Gasteiger partial charge on any atom is 0.283 e. The van der Waals surface area contributed by atoms with Crippen LogP contribution in [0.1, 0.15) is 31.1 Å². The molecule has 34 heavy (non-hydrogen) atoms. The molecule has 0 aliphatic carbocycles. The number of hydrogen-bond acceptors (Lipinski definition) is 8. The van der Waals surface area contributed by atoms with Crippen LogP contribution in [0.15, 0.2) is 60.7 Å². The fourth-order valence-corrected chi connectivity index (χ4v) is 3.54. The zero-order chi connectivity index (χ0) is 24.6. The van der Waals surface area contributed by atoms with Crippen molar-refractivity contribution in [3.8, 4) is 5.75 Å². The third-order valence-corrected chi connectivity index (χ3v) is 5.10. The van der Waals surface area contributed by atoms with E-state index in [0.29, 0.717) is 0 Å². The fourth-order valence-electron chi connectivity index (χ4n) is 3.54. The summed E-state index contributed by atoms with van der Waals surface area (Å²) in [4.78, 5) is 60.3. The van der Waals surface area contributed by atoms with Crippen LogP contribution < -0.4 is 15.0 Å². The van der Waals surface area contributed by atoms with Crippen molar-refractivity contribution in [3.05, 3.63) is 97.6 Å². The summed E-state index contributed by atoms with van der Waals surface area (Å²) < 4.78 is 5.13. The normalized spacial score (nSPS) is 12.3. The second-order valence-electron chi connectivity index (χ2n) is 7.05. The summed E-state index contributed by atoms with van der Waals surface area (Å²) >= 11 is 0. The van der Waals surface area contributed by atoms with Crippen molar-refractivity contribution < 1.29 is 29.0 Å². The van der Waals surface area contributed by atoms with Gasteiger partial charge in [0.1, 0.15) is 11.3 Å². The van der Waals surface area contributed by atoms with Gasteiger partial charge in [-0.15, -0.1) is 0 Å². The predicted molar refractivity (Wildman–Crippen MR) is 118 cm³/mol. The average Bonchev–Trinajstić information content (AvgIpc) is 3.08. The molecule has 170 valence electrons. The second-order valence-corrected chi connectivity index (χ2v) is 7.05. The number of amides is 3. The predicted octanol–water partition coefficient (Wildman–Crippen LogP) is 3.56. The highest BCUT2D eigenvalue weighted by Crippen LogP contribution is 2.34. The molecular weight excluding hydrogens is 448 g/mol. The first-order chi connectivity index (χ1) is 16.2. The number of nitrogens with one attached hydrogen (secondary N) is 1. The van der Waals surface area contributed by atoms with Gasteiger partial charge in [0.25, 0.3) is 29.1 Å². The van der Waals surface area contributed by atoms with Crippen molar-refractivity contribution in [2.45, 2.75) is 0 Å². The molecule has 12 nitrogen and oxygen atoms in total. The molecule has 0 fully saturated rings. The van der Waals surface area contributed by atoms with Crippen LogP contribution in [0, 0.1) is 20.2 Å². The molecule has 0 atom stereocenters. The van der Waals surface area contributed by atoms with Crippen LogP contribution in [0.4, 0.5) is 22.7 Å². The Morgan fingerprint density at radius 1 is 0.941 bits per heavy atom. The SMILES string of the molecule is COc1ccc([N+](=O)[O-])cc1NC(=O)c1cccc(N2C(=O)c3cccc([N+](=O)[O-])c3C2=O)c1. The summed E-state index contributed by atoms with van der Waals surface area (Å²) in [6, 6.07) is 12.9. The molecule has 4 rings (SSSR count). The largest absolute Gasteiger partial charge is 0.495 e. The van der Waals surface area contributed by atoms with Crippen molar-refractivity contribution >= 4 is 40.5 Å². The summed E-state index contributed by atoms with van der Waals surface area (Å²) in [5, 5.41) is 24.9. The number of methoxy groups -OCH3 is 1. The van der Waals surface area contributed by atoms with E-state index in [1.54, 1.807) is 0 Å². The van der Waals surface area contributed by atoms with Crippen molar-refractivity contribution in [1.29, 1.82) is 0 Å². The van der Waals surface area contributed by atoms with Crippen LogP contribution in [-0.2, 0) is 0 Å². The minimum Gasteiger partial charge on any atom is -0.495 e. The second kappa shape index (κ2) is 8.43. The molecule has 3 aromatic rings. The Morgan fingerprint density at radius 2 is 1.68 bits per heavy atom. The monoisotopic (exact) mass is 462 g/mol. The molecule has 0 spiro atoms. The third kappa shape index (κ3) is 3.68. The average molecular weight is 462 g/mol. The number of fused-ring (bicyclic) bond motifs is 1. The lowest BCUT2D eigenvalue weighted by Gasteiger charge is -2.15. The van der Waals surface area contributed by atoms with Crippen LogP contribution in [0.3, 0.4) is 0 Å². The number of anilines is 2. The third-order valence-electron chi connectivity index (χ3n) is 5.10. The van der Waals surface area contributed by atoms with Gasteiger partial charge in [0, 0.05) is 23.8 Å².